The maximum absolute atomic E-state index is 14.0. The summed E-state index contributed by atoms with van der Waals surface area (Å²) < 4.78 is 72.2. The van der Waals surface area contributed by atoms with E-state index in [4.69, 9.17) is 4.74 Å². The van der Waals surface area contributed by atoms with Crippen LogP contribution < -0.4 is 4.74 Å². The van der Waals surface area contributed by atoms with Crippen LogP contribution in [-0.2, 0) is 0 Å². The molecule has 0 radical (unpaired) electrons. The Kier molecular flexibility index (Phi) is 5.00. The number of aliphatic hydroxyl groups is 1. The number of alkyl halides is 4. The van der Waals surface area contributed by atoms with Crippen molar-refractivity contribution in [2.45, 2.75) is 38.1 Å². The van der Waals surface area contributed by atoms with E-state index in [1.165, 1.54) is 12.1 Å². The van der Waals surface area contributed by atoms with Gasteiger partial charge in [0.05, 0.1) is 0 Å². The van der Waals surface area contributed by atoms with Gasteiger partial charge in [-0.05, 0) is 23.5 Å². The first-order chi connectivity index (χ1) is 11.1. The van der Waals surface area contributed by atoms with Gasteiger partial charge in [0.25, 0.3) is 0 Å². The van der Waals surface area contributed by atoms with Gasteiger partial charge in [0, 0.05) is 12.3 Å². The molecule has 0 aliphatic heterocycles. The fourth-order valence-electron chi connectivity index (χ4n) is 2.11. The predicted octanol–water partition coefficient (Wildman–Crippen LogP) is 4.36. The molecule has 3 nitrogen and oxygen atoms in total. The third-order valence-electron chi connectivity index (χ3n) is 3.43. The quantitative estimate of drug-likeness (QED) is 0.364. The monoisotopic (exact) mass is 349 g/mol. The zero-order valence-electron chi connectivity index (χ0n) is 12.9. The minimum absolute atomic E-state index is 0.0168. The standard InChI is InChI=1S/C16H16F5NO2/c1-10(23)14(22(21)16(19,20)15(2,17)18)24-13-9-5-7-11-6-3-4-8-12(11)13/h3-10,14,23H,1-2H3. The Morgan fingerprint density at radius 3 is 2.21 bits per heavy atom. The van der Waals surface area contributed by atoms with Crippen LogP contribution in [0.2, 0.25) is 0 Å². The summed E-state index contributed by atoms with van der Waals surface area (Å²) >= 11 is 0. The van der Waals surface area contributed by atoms with E-state index in [2.05, 4.69) is 0 Å². The van der Waals surface area contributed by atoms with Crippen LogP contribution in [-0.4, -0.2) is 34.5 Å². The van der Waals surface area contributed by atoms with Crippen LogP contribution in [0, 0.1) is 0 Å². The van der Waals surface area contributed by atoms with Crippen molar-refractivity contribution in [3.63, 3.8) is 0 Å². The molecular formula is C16H16F5NO2. The van der Waals surface area contributed by atoms with Crippen LogP contribution in [0.25, 0.3) is 10.8 Å². The molecule has 2 aromatic rings. The van der Waals surface area contributed by atoms with E-state index in [0.717, 1.165) is 6.92 Å². The van der Waals surface area contributed by atoms with Gasteiger partial charge in [-0.25, -0.2) is 0 Å². The molecule has 0 saturated heterocycles. The van der Waals surface area contributed by atoms with Gasteiger partial charge in [-0.2, -0.15) is 17.6 Å². The molecule has 0 aromatic heterocycles. The second-order valence-corrected chi connectivity index (χ2v) is 5.47. The SMILES string of the molecule is CC(O)C(Oc1cccc2ccccc12)N(F)C(F)(F)C(C)(F)F. The normalized spacial score (nSPS) is 15.5. The number of benzene rings is 2. The van der Waals surface area contributed by atoms with Gasteiger partial charge in [-0.1, -0.05) is 36.4 Å². The fraction of sp³-hybridized carbons (Fsp3) is 0.375. The Morgan fingerprint density at radius 2 is 1.62 bits per heavy atom. The minimum Gasteiger partial charge on any atom is -0.469 e. The average Bonchev–Trinajstić information content (AvgIpc) is 2.50. The molecule has 2 unspecified atom stereocenters. The highest BCUT2D eigenvalue weighted by Crippen LogP contribution is 2.39. The first-order valence-corrected chi connectivity index (χ1v) is 7.09. The highest BCUT2D eigenvalue weighted by Gasteiger charge is 2.61. The summed E-state index contributed by atoms with van der Waals surface area (Å²) in [5.74, 6) is -4.69. The van der Waals surface area contributed by atoms with Crippen LogP contribution in [0.15, 0.2) is 42.5 Å². The maximum atomic E-state index is 14.0. The number of nitrogens with zero attached hydrogens (tertiary/aromatic N) is 1. The van der Waals surface area contributed by atoms with Crippen molar-refractivity contribution in [2.75, 3.05) is 0 Å². The van der Waals surface area contributed by atoms with Crippen LogP contribution in [0.4, 0.5) is 22.0 Å². The molecule has 8 heteroatoms. The van der Waals surface area contributed by atoms with E-state index in [9.17, 15) is 27.1 Å². The van der Waals surface area contributed by atoms with Gasteiger partial charge in [0.1, 0.15) is 11.9 Å². The van der Waals surface area contributed by atoms with E-state index < -0.39 is 29.4 Å². The van der Waals surface area contributed by atoms with Gasteiger partial charge in [0.15, 0.2) is 0 Å². The molecule has 0 spiro atoms. The summed E-state index contributed by atoms with van der Waals surface area (Å²) in [5.41, 5.74) is 0. The number of hydrogen-bond donors (Lipinski definition) is 1. The Hall–Kier alpha value is -1.93. The number of hydrogen-bond acceptors (Lipinski definition) is 3. The van der Waals surface area contributed by atoms with Crippen LogP contribution >= 0.6 is 0 Å². The highest BCUT2D eigenvalue weighted by molar-refractivity contribution is 5.88. The van der Waals surface area contributed by atoms with E-state index >= 15 is 0 Å². The predicted molar refractivity (Wildman–Crippen MR) is 78.6 cm³/mol. The number of ether oxygens (including phenoxy) is 1. The summed E-state index contributed by atoms with van der Waals surface area (Å²) in [7, 11) is 0. The van der Waals surface area contributed by atoms with Crippen LogP contribution in [0.1, 0.15) is 13.8 Å². The lowest BCUT2D eigenvalue weighted by molar-refractivity contribution is -0.366. The second-order valence-electron chi connectivity index (χ2n) is 5.47. The third-order valence-corrected chi connectivity index (χ3v) is 3.43. The van der Waals surface area contributed by atoms with Gasteiger partial charge < -0.3 is 9.84 Å². The number of aliphatic hydroxyl groups excluding tert-OH is 1. The zero-order chi connectivity index (χ0) is 18.1. The zero-order valence-corrected chi connectivity index (χ0v) is 12.9. The third kappa shape index (κ3) is 3.44. The van der Waals surface area contributed by atoms with E-state index in [1.807, 2.05) is 0 Å². The number of halogens is 5. The molecule has 0 heterocycles. The molecule has 0 amide bonds. The summed E-state index contributed by atoms with van der Waals surface area (Å²) in [5, 5.41) is 9.26. The van der Waals surface area contributed by atoms with Gasteiger partial charge >= 0.3 is 12.0 Å². The van der Waals surface area contributed by atoms with E-state index in [-0.39, 0.29) is 12.7 Å². The molecule has 1 N–H and O–H groups in total. The largest absolute Gasteiger partial charge is 0.469 e. The maximum Gasteiger partial charge on any atom is 0.395 e. The smallest absolute Gasteiger partial charge is 0.395 e. The summed E-state index contributed by atoms with van der Waals surface area (Å²) in [6, 6.07) is 6.14. The van der Waals surface area contributed by atoms with Crippen LogP contribution in [0.3, 0.4) is 0 Å². The molecule has 2 rings (SSSR count). The molecule has 0 aliphatic carbocycles. The minimum atomic E-state index is -5.15. The first kappa shape index (κ1) is 18.4. The van der Waals surface area contributed by atoms with E-state index in [0.29, 0.717) is 10.8 Å². The van der Waals surface area contributed by atoms with Crippen molar-refractivity contribution < 1.29 is 31.9 Å². The molecular weight excluding hydrogens is 333 g/mol. The number of rotatable bonds is 6. The molecule has 0 aliphatic rings. The van der Waals surface area contributed by atoms with Crippen LogP contribution in [0.5, 0.6) is 5.75 Å². The lowest BCUT2D eigenvalue weighted by atomic mass is 10.1. The molecule has 0 fully saturated rings. The van der Waals surface area contributed by atoms with Crippen molar-refractivity contribution >= 4 is 10.8 Å². The fourth-order valence-corrected chi connectivity index (χ4v) is 2.11. The lowest BCUT2D eigenvalue weighted by Gasteiger charge is -2.34. The van der Waals surface area contributed by atoms with E-state index in [1.54, 1.807) is 30.3 Å². The molecule has 2 atom stereocenters. The molecule has 132 valence electrons. The van der Waals surface area contributed by atoms with Gasteiger partial charge in [-0.15, -0.1) is 4.48 Å². The molecule has 24 heavy (non-hydrogen) atoms. The lowest BCUT2D eigenvalue weighted by Crippen LogP contribution is -2.57. The van der Waals surface area contributed by atoms with Crippen molar-refractivity contribution in [3.8, 4) is 5.75 Å². The van der Waals surface area contributed by atoms with Crippen molar-refractivity contribution in [2.24, 2.45) is 0 Å². The van der Waals surface area contributed by atoms with Gasteiger partial charge in [-0.3, -0.25) is 0 Å². The number of fused-ring (bicyclic) bond motifs is 1. The van der Waals surface area contributed by atoms with Crippen molar-refractivity contribution in [1.29, 1.82) is 0 Å². The summed E-state index contributed by atoms with van der Waals surface area (Å²) in [6.45, 7) is 0.850. The average molecular weight is 349 g/mol. The second kappa shape index (κ2) is 6.52. The topological polar surface area (TPSA) is 32.7 Å². The molecule has 0 bridgehead atoms. The van der Waals surface area contributed by atoms with Crippen molar-refractivity contribution in [1.82, 2.24) is 5.12 Å². The Labute approximate surface area is 135 Å². The summed E-state index contributed by atoms with van der Waals surface area (Å²) in [4.78, 5) is 0. The highest BCUT2D eigenvalue weighted by atomic mass is 19.3. The Bertz CT molecular complexity index is 697. The first-order valence-electron chi connectivity index (χ1n) is 7.09. The van der Waals surface area contributed by atoms with Gasteiger partial charge in [0.2, 0.25) is 6.23 Å². The molecule has 0 saturated carbocycles. The Balaban J connectivity index is 2.38. The molecule has 2 aromatic carbocycles. The summed E-state index contributed by atoms with van der Waals surface area (Å²) in [6.07, 6.45) is -4.13. The Morgan fingerprint density at radius 1 is 1.04 bits per heavy atom. The van der Waals surface area contributed by atoms with Crippen molar-refractivity contribution in [3.05, 3.63) is 42.5 Å².